The van der Waals surface area contributed by atoms with Crippen molar-refractivity contribution in [2.45, 2.75) is 102 Å². The Balaban J connectivity index is 0.000000118. The minimum atomic E-state index is 0.666. The molecule has 0 radical (unpaired) electrons. The minimum absolute atomic E-state index is 0.666. The lowest BCUT2D eigenvalue weighted by molar-refractivity contribution is -0.0971. The zero-order valence-corrected chi connectivity index (χ0v) is 59.9. The van der Waals surface area contributed by atoms with Gasteiger partial charge in [-0.25, -0.2) is 54.7 Å². The number of hydroxylamine groups is 4. The van der Waals surface area contributed by atoms with Gasteiger partial charge < -0.3 is 67.9 Å². The number of likely N-dealkylation sites (N-methyl/N-ethyl adjacent to an activating group) is 3. The summed E-state index contributed by atoms with van der Waals surface area (Å²) in [7, 11) is 3.34. The van der Waals surface area contributed by atoms with E-state index in [1.165, 1.54) is 27.9 Å². The Bertz CT molecular complexity index is 4440. The summed E-state index contributed by atoms with van der Waals surface area (Å²) in [6.45, 7) is 36.5. The fraction of sp³-hybridized carbons (Fsp3) is 0.429. The number of hydrogen-bond donors (Lipinski definition) is 5. The van der Waals surface area contributed by atoms with E-state index in [0.717, 1.165) is 217 Å². The number of nitrogens with zero attached hydrogens (tertiary/aromatic N) is 22. The summed E-state index contributed by atoms with van der Waals surface area (Å²) < 4.78 is 6.25. The molecule has 0 aliphatic carbocycles. The van der Waals surface area contributed by atoms with Crippen LogP contribution in [-0.2, 0) is 16.1 Å². The molecule has 16 heterocycles. The van der Waals surface area contributed by atoms with Gasteiger partial charge in [-0.1, -0.05) is 20.8 Å². The summed E-state index contributed by atoms with van der Waals surface area (Å²) in [6.07, 6.45) is 27.7. The fourth-order valence-corrected chi connectivity index (χ4v) is 13.8. The highest BCUT2D eigenvalue weighted by atomic mass is 16.7. The van der Waals surface area contributed by atoms with Gasteiger partial charge in [0.25, 0.3) is 0 Å². The third kappa shape index (κ3) is 12.6. The third-order valence-electron chi connectivity index (χ3n) is 19.1. The second kappa shape index (κ2) is 28.4. The largest absolute Gasteiger partial charge is 0.397 e. The van der Waals surface area contributed by atoms with Gasteiger partial charge in [-0.05, 0) is 103 Å². The number of rotatable bonds is 11. The highest BCUT2D eigenvalue weighted by Crippen LogP contribution is 2.39. The Morgan fingerprint density at radius 2 is 0.848 bits per heavy atom. The van der Waals surface area contributed by atoms with Crippen LogP contribution in [-0.4, -0.2) is 196 Å². The molecule has 0 fully saturated rings. The van der Waals surface area contributed by atoms with Crippen LogP contribution in [0.1, 0.15) is 112 Å². The zero-order valence-electron chi connectivity index (χ0n) is 59.9. The van der Waals surface area contributed by atoms with Gasteiger partial charge in [0.1, 0.15) is 96.1 Å². The maximum absolute atomic E-state index is 6.33. The van der Waals surface area contributed by atoms with Crippen LogP contribution in [0.25, 0.3) is 22.4 Å². The molecule has 29 heteroatoms. The van der Waals surface area contributed by atoms with Gasteiger partial charge in [0.05, 0.1) is 132 Å². The van der Waals surface area contributed by atoms with Crippen LogP contribution in [0.15, 0.2) is 174 Å². The minimum Gasteiger partial charge on any atom is -0.397 e. The first-order valence-electron chi connectivity index (χ1n) is 34.2. The topological polar surface area (TPSA) is 299 Å². The van der Waals surface area contributed by atoms with Crippen molar-refractivity contribution in [2.75, 3.05) is 114 Å². The lowest BCUT2D eigenvalue weighted by Crippen LogP contribution is -2.44. The molecule has 11 aliphatic heterocycles. The van der Waals surface area contributed by atoms with Crippen LogP contribution < -0.4 is 43.5 Å². The highest BCUT2D eigenvalue weighted by Gasteiger charge is 2.39. The number of anilines is 2. The number of aliphatic imine (C=N–C) groups is 3. The first-order valence-corrected chi connectivity index (χ1v) is 34.2. The van der Waals surface area contributed by atoms with Crippen LogP contribution in [0.3, 0.4) is 0 Å². The van der Waals surface area contributed by atoms with Crippen molar-refractivity contribution in [1.82, 2.24) is 77.9 Å². The lowest BCUT2D eigenvalue weighted by atomic mass is 10.1. The zero-order chi connectivity index (χ0) is 70.2. The van der Waals surface area contributed by atoms with E-state index in [-0.39, 0.29) is 0 Å². The SMILES string of the molecule is CCCN1CC(C)=C(N)C2=C1N1CN(OC)C=C1C=N2.CCCN1CC(C)=C(N)c2ncc3cncn3c21.CCN1CC(C)=C(N)C2=C1N1CN(OC)C=C1C=N2.CCN1CC(C)=C(N)c2ncc3cncn3c21.CCc1nc(C)cn1N1C=C2C=NC3=C(N(CC)CC(C)=C3N)N2C1. The Morgan fingerprint density at radius 1 is 0.455 bits per heavy atom. The first kappa shape index (κ1) is 68.3. The quantitative estimate of drug-likeness (QED) is 0.0943. The maximum Gasteiger partial charge on any atom is 0.143 e. The number of aryl methyl sites for hydroxylation is 2. The smallest absolute Gasteiger partial charge is 0.143 e. The second-order valence-corrected chi connectivity index (χ2v) is 25.9. The summed E-state index contributed by atoms with van der Waals surface area (Å²) in [5, 5.41) is 5.76. The average Bonchev–Trinajstić information content (AvgIpc) is 1.74. The average molecular weight is 1350 g/mol. The summed E-state index contributed by atoms with van der Waals surface area (Å²) in [6, 6.07) is 0. The van der Waals surface area contributed by atoms with Gasteiger partial charge in [0.15, 0.2) is 0 Å². The number of fused-ring (bicyclic) bond motifs is 12. The van der Waals surface area contributed by atoms with Crippen LogP contribution in [0, 0.1) is 6.92 Å². The van der Waals surface area contributed by atoms with E-state index in [9.17, 15) is 0 Å². The lowest BCUT2D eigenvalue weighted by Gasteiger charge is -2.40. The molecule has 0 spiro atoms. The van der Waals surface area contributed by atoms with Crippen molar-refractivity contribution in [3.8, 4) is 0 Å². The van der Waals surface area contributed by atoms with E-state index < -0.39 is 0 Å². The number of imidazole rings is 3. The summed E-state index contributed by atoms with van der Waals surface area (Å²) in [5.41, 5.74) is 51.5. The monoisotopic (exact) mass is 1350 g/mol. The number of aromatic nitrogens is 8. The molecule has 0 saturated carbocycles. The van der Waals surface area contributed by atoms with Gasteiger partial charge in [0, 0.05) is 84.3 Å². The van der Waals surface area contributed by atoms with Gasteiger partial charge >= 0.3 is 0 Å². The molecule has 99 heavy (non-hydrogen) atoms. The van der Waals surface area contributed by atoms with Crippen LogP contribution in [0.5, 0.6) is 0 Å². The molecule has 524 valence electrons. The van der Waals surface area contributed by atoms with Gasteiger partial charge in [-0.15, -0.1) is 0 Å². The summed E-state index contributed by atoms with van der Waals surface area (Å²) in [5.74, 6) is 6.46. The molecular formula is C70H97N27O2. The summed E-state index contributed by atoms with van der Waals surface area (Å²) in [4.78, 5) is 64.5. The number of hydrogen-bond acceptors (Lipinski definition) is 26. The molecule has 29 nitrogen and oxygen atoms in total. The Hall–Kier alpha value is -10.7. The van der Waals surface area contributed by atoms with Crippen LogP contribution in [0.2, 0.25) is 0 Å². The molecule has 5 aromatic rings. The predicted molar refractivity (Wildman–Crippen MR) is 390 cm³/mol. The second-order valence-electron chi connectivity index (χ2n) is 25.9. The predicted octanol–water partition coefficient (Wildman–Crippen LogP) is 6.50. The molecule has 0 bridgehead atoms. The summed E-state index contributed by atoms with van der Waals surface area (Å²) >= 11 is 0. The Kier molecular flexibility index (Phi) is 19.6. The van der Waals surface area contributed by atoms with Crippen molar-refractivity contribution in [3.63, 3.8) is 0 Å². The first-order chi connectivity index (χ1) is 47.8. The van der Waals surface area contributed by atoms with Crippen molar-refractivity contribution in [2.24, 2.45) is 43.6 Å². The molecule has 5 aromatic heterocycles. The molecule has 0 amide bonds. The molecular weight excluding hydrogens is 1250 g/mol. The highest BCUT2D eigenvalue weighted by molar-refractivity contribution is 5.85. The van der Waals surface area contributed by atoms with Gasteiger partial charge in [-0.2, -0.15) is 0 Å². The number of allylic oxidation sites excluding steroid dienone is 3. The maximum atomic E-state index is 6.33. The Labute approximate surface area is 580 Å². The molecule has 0 saturated heterocycles. The Morgan fingerprint density at radius 3 is 1.29 bits per heavy atom. The van der Waals surface area contributed by atoms with Crippen molar-refractivity contribution < 1.29 is 9.68 Å². The van der Waals surface area contributed by atoms with Crippen LogP contribution in [0.4, 0.5) is 11.6 Å². The molecule has 0 aromatic carbocycles. The standard InChI is InChI=1S/C18H25N7.C14H21N5O.C13H19N5O.C13H17N5.C12H15N5/c1-5-15-21-13(4)9-25(15)23-10-14-7-20-17-16(19)12(3)8-22(6-2)18(17)24(14)11-23;1-4-5-17-7-10(2)12(15)13-14(17)19-9-18(20-3)8-11(19)6-16-13;1-4-16-6-9(2)11(14)12-13(16)18-8-17(19-3)7-10(18)5-15-12;1-3-4-17-7-9(2)11(14)12-13(17)18-8-15-5-10(18)6-16-12;1-3-16-6-8(2)10(13)11-12(16)17-7-14-4-9(17)5-15-11/h7,9-10H,5-6,8,11,19H2,1-4H3;6,8H,4-5,7,9,15H2,1-3H3;5,7H,4,6,8,14H2,1-3H3;5-6,8H,3-4,7,14H2,1-2H3;4-5,7H,3,6,13H2,1-2H3. The van der Waals surface area contributed by atoms with Crippen LogP contribution >= 0.6 is 0 Å². The van der Waals surface area contributed by atoms with E-state index in [1.54, 1.807) is 24.3 Å². The molecule has 0 unspecified atom stereocenters. The van der Waals surface area contributed by atoms with Crippen molar-refractivity contribution in [3.05, 3.63) is 182 Å². The number of nitrogens with two attached hydrogens (primary N) is 5. The van der Waals surface area contributed by atoms with E-state index in [2.05, 4.69) is 182 Å². The molecule has 0 atom stereocenters. The van der Waals surface area contributed by atoms with E-state index in [1.807, 2.05) is 79.8 Å². The van der Waals surface area contributed by atoms with Crippen molar-refractivity contribution >= 4 is 52.7 Å². The molecule has 10 N–H and O–H groups in total. The van der Waals surface area contributed by atoms with Gasteiger partial charge in [-0.3, -0.25) is 23.5 Å². The van der Waals surface area contributed by atoms with E-state index in [0.29, 0.717) is 13.3 Å². The van der Waals surface area contributed by atoms with Crippen molar-refractivity contribution in [1.29, 1.82) is 0 Å². The van der Waals surface area contributed by atoms with E-state index in [4.69, 9.17) is 38.3 Å². The third-order valence-corrected chi connectivity index (χ3v) is 19.1. The normalized spacial score (nSPS) is 19.0. The fourth-order valence-electron chi connectivity index (χ4n) is 13.8. The molecule has 11 aliphatic rings. The van der Waals surface area contributed by atoms with E-state index >= 15 is 0 Å². The van der Waals surface area contributed by atoms with Gasteiger partial charge in [0.2, 0.25) is 0 Å². The molecule has 16 rings (SSSR count).